The Morgan fingerprint density at radius 2 is 1.43 bits per heavy atom. The summed E-state index contributed by atoms with van der Waals surface area (Å²) in [5, 5.41) is 0.591. The van der Waals surface area contributed by atoms with Gasteiger partial charge in [-0.25, -0.2) is 0 Å². The molecule has 0 saturated heterocycles. The number of hydrogen-bond donors (Lipinski definition) is 0. The first-order chi connectivity index (χ1) is 17.5. The van der Waals surface area contributed by atoms with Crippen molar-refractivity contribution in [3.63, 3.8) is 0 Å². The first kappa shape index (κ1) is 27.4. The third-order valence-electron chi connectivity index (χ3n) is 7.87. The summed E-state index contributed by atoms with van der Waals surface area (Å²) in [6.07, 6.45) is 5.53. The third kappa shape index (κ3) is 6.65. The molecule has 4 rings (SSSR count). The van der Waals surface area contributed by atoms with Crippen LogP contribution in [-0.4, -0.2) is 28.2 Å². The molecule has 2 aromatic rings. The molecule has 198 valence electrons. The zero-order chi connectivity index (χ0) is 26.9. The van der Waals surface area contributed by atoms with E-state index >= 15 is 0 Å². The Balaban J connectivity index is 1.51. The number of amides is 1. The first-order valence-corrected chi connectivity index (χ1v) is 14.0. The fourth-order valence-electron chi connectivity index (χ4n) is 4.95. The van der Waals surface area contributed by atoms with Crippen molar-refractivity contribution in [2.45, 2.75) is 78.4 Å². The predicted octanol–water partition coefficient (Wildman–Crippen LogP) is 7.94. The number of benzene rings is 2. The average Bonchev–Trinajstić information content (AvgIpc) is 3.77. The number of ether oxygens (including phenoxy) is 1. The van der Waals surface area contributed by atoms with E-state index in [0.29, 0.717) is 45.6 Å². The van der Waals surface area contributed by atoms with Gasteiger partial charge in [-0.2, -0.15) is 0 Å². The molecule has 2 fully saturated rings. The largest absolute Gasteiger partial charge is 0.478 e. The maximum atomic E-state index is 14.1. The minimum atomic E-state index is -1.08. The van der Waals surface area contributed by atoms with Crippen LogP contribution in [0.5, 0.6) is 5.75 Å². The van der Waals surface area contributed by atoms with E-state index in [2.05, 4.69) is 27.4 Å². The van der Waals surface area contributed by atoms with Gasteiger partial charge < -0.3 is 9.64 Å². The van der Waals surface area contributed by atoms with Gasteiger partial charge in [-0.15, -0.1) is 0 Å². The van der Waals surface area contributed by atoms with Crippen molar-refractivity contribution < 1.29 is 14.3 Å². The highest BCUT2D eigenvalue weighted by atomic mass is 35.5. The number of nitrogens with zero attached hydrogens (tertiary/aromatic N) is 1. The normalized spacial score (nSPS) is 16.5. The van der Waals surface area contributed by atoms with E-state index in [4.69, 9.17) is 16.3 Å². The fourth-order valence-corrected chi connectivity index (χ4v) is 5.07. The molecule has 0 aromatic heterocycles. The van der Waals surface area contributed by atoms with Gasteiger partial charge >= 0.3 is 0 Å². The van der Waals surface area contributed by atoms with Crippen LogP contribution in [0.4, 0.5) is 0 Å². The van der Waals surface area contributed by atoms with Gasteiger partial charge in [0.15, 0.2) is 11.4 Å². The Kier molecular flexibility index (Phi) is 8.18. The van der Waals surface area contributed by atoms with Crippen LogP contribution in [0.3, 0.4) is 0 Å². The van der Waals surface area contributed by atoms with Gasteiger partial charge in [-0.1, -0.05) is 39.0 Å². The Morgan fingerprint density at radius 1 is 0.946 bits per heavy atom. The molecule has 1 amide bonds. The molecular formula is C32H40ClNO3. The predicted molar refractivity (Wildman–Crippen MR) is 150 cm³/mol. The lowest BCUT2D eigenvalue weighted by molar-refractivity contribution is -0.146. The number of hydrogen-bond acceptors (Lipinski definition) is 3. The maximum Gasteiger partial charge on any atom is 0.270 e. The summed E-state index contributed by atoms with van der Waals surface area (Å²) in [5.41, 5.74) is 0.965. The highest BCUT2D eigenvalue weighted by Crippen LogP contribution is 2.49. The van der Waals surface area contributed by atoms with Gasteiger partial charge in [0, 0.05) is 27.9 Å². The second-order valence-corrected chi connectivity index (χ2v) is 12.2. The standard InChI is InChI=1S/C32H40ClNO3/c1-20(2)21(3)19-22(4)34(29(23-7-8-23)24-9-10-24)31(36)32(5,6)37-28-17-13-26(14-18-28)30(35)25-11-15-27(33)16-12-25/h11-18,20-21,23-24,29H,4,7-10,19H2,1-3,5-6H3. The van der Waals surface area contributed by atoms with Crippen molar-refractivity contribution >= 4 is 23.3 Å². The molecule has 0 aliphatic heterocycles. The maximum absolute atomic E-state index is 14.1. The van der Waals surface area contributed by atoms with Crippen LogP contribution in [0.15, 0.2) is 60.8 Å². The van der Waals surface area contributed by atoms with Gasteiger partial charge in [-0.3, -0.25) is 9.59 Å². The summed E-state index contributed by atoms with van der Waals surface area (Å²) in [6, 6.07) is 14.1. The number of rotatable bonds is 12. The van der Waals surface area contributed by atoms with Crippen LogP contribution in [0.1, 0.15) is 82.6 Å². The van der Waals surface area contributed by atoms with E-state index in [0.717, 1.165) is 12.1 Å². The molecule has 2 saturated carbocycles. The van der Waals surface area contributed by atoms with Crippen LogP contribution in [0, 0.1) is 23.7 Å². The smallest absolute Gasteiger partial charge is 0.270 e. The minimum absolute atomic E-state index is 0.0291. The molecule has 1 unspecified atom stereocenters. The summed E-state index contributed by atoms with van der Waals surface area (Å²) in [4.78, 5) is 29.0. The first-order valence-electron chi connectivity index (χ1n) is 13.6. The highest BCUT2D eigenvalue weighted by molar-refractivity contribution is 6.30. The number of halogens is 1. The van der Waals surface area contributed by atoms with E-state index in [1.54, 1.807) is 48.5 Å². The molecule has 0 heterocycles. The van der Waals surface area contributed by atoms with Crippen molar-refractivity contribution in [2.24, 2.45) is 23.7 Å². The second-order valence-electron chi connectivity index (χ2n) is 11.8. The lowest BCUT2D eigenvalue weighted by Crippen LogP contribution is -2.53. The van der Waals surface area contributed by atoms with E-state index in [-0.39, 0.29) is 17.7 Å². The molecule has 0 bridgehead atoms. The average molecular weight is 522 g/mol. The molecule has 2 aliphatic rings. The minimum Gasteiger partial charge on any atom is -0.478 e. The van der Waals surface area contributed by atoms with Crippen molar-refractivity contribution in [3.8, 4) is 5.75 Å². The summed E-state index contributed by atoms with van der Waals surface area (Å²) < 4.78 is 6.29. The Hall–Kier alpha value is -2.59. The molecule has 1 atom stereocenters. The van der Waals surface area contributed by atoms with Crippen molar-refractivity contribution in [1.29, 1.82) is 0 Å². The molecule has 2 aliphatic carbocycles. The summed E-state index contributed by atoms with van der Waals surface area (Å²) >= 11 is 5.95. The highest BCUT2D eigenvalue weighted by Gasteiger charge is 2.49. The molecule has 0 N–H and O–H groups in total. The van der Waals surface area contributed by atoms with Crippen LogP contribution >= 0.6 is 11.6 Å². The molecule has 0 radical (unpaired) electrons. The SMILES string of the molecule is C=C(CC(C)C(C)C)N(C(=O)C(C)(C)Oc1ccc(C(=O)c2ccc(Cl)cc2)cc1)C(C1CC1)C1CC1. The van der Waals surface area contributed by atoms with Crippen molar-refractivity contribution in [1.82, 2.24) is 4.90 Å². The summed E-state index contributed by atoms with van der Waals surface area (Å²) in [7, 11) is 0. The second kappa shape index (κ2) is 11.0. The zero-order valence-electron chi connectivity index (χ0n) is 22.8. The Bertz CT molecular complexity index is 1120. The van der Waals surface area contributed by atoms with E-state index in [9.17, 15) is 9.59 Å². The molecular weight excluding hydrogens is 482 g/mol. The van der Waals surface area contributed by atoms with Crippen LogP contribution in [0.2, 0.25) is 5.02 Å². The quantitative estimate of drug-likeness (QED) is 0.266. The molecule has 5 heteroatoms. The third-order valence-corrected chi connectivity index (χ3v) is 8.13. The molecule has 2 aromatic carbocycles. The van der Waals surface area contributed by atoms with Crippen LogP contribution in [-0.2, 0) is 4.79 Å². The fraction of sp³-hybridized carbons (Fsp3) is 0.500. The molecule has 4 nitrogen and oxygen atoms in total. The molecule has 0 spiro atoms. The Labute approximate surface area is 227 Å². The van der Waals surface area contributed by atoms with Crippen LogP contribution < -0.4 is 4.74 Å². The van der Waals surface area contributed by atoms with E-state index in [1.807, 2.05) is 18.7 Å². The summed E-state index contributed by atoms with van der Waals surface area (Å²) in [6.45, 7) is 14.8. The number of carbonyl (C=O) groups is 2. The van der Waals surface area contributed by atoms with Gasteiger partial charge in [0.1, 0.15) is 5.75 Å². The lowest BCUT2D eigenvalue weighted by Gasteiger charge is -2.40. The number of ketones is 1. The topological polar surface area (TPSA) is 46.6 Å². The summed E-state index contributed by atoms with van der Waals surface area (Å²) in [5.74, 6) is 2.54. The lowest BCUT2D eigenvalue weighted by atomic mass is 9.91. The number of carbonyl (C=O) groups excluding carboxylic acids is 2. The van der Waals surface area contributed by atoms with Gasteiger partial charge in [0.25, 0.3) is 5.91 Å². The van der Waals surface area contributed by atoms with Crippen LogP contribution in [0.25, 0.3) is 0 Å². The number of allylic oxidation sites excluding steroid dienone is 1. The van der Waals surface area contributed by atoms with Crippen molar-refractivity contribution in [3.05, 3.63) is 77.0 Å². The van der Waals surface area contributed by atoms with E-state index in [1.165, 1.54) is 25.7 Å². The monoisotopic (exact) mass is 521 g/mol. The molecule has 37 heavy (non-hydrogen) atoms. The van der Waals surface area contributed by atoms with Gasteiger partial charge in [-0.05, 0) is 118 Å². The Morgan fingerprint density at radius 3 is 1.89 bits per heavy atom. The van der Waals surface area contributed by atoms with Gasteiger partial charge in [0.2, 0.25) is 0 Å². The zero-order valence-corrected chi connectivity index (χ0v) is 23.6. The van der Waals surface area contributed by atoms with Crippen molar-refractivity contribution in [2.75, 3.05) is 0 Å². The van der Waals surface area contributed by atoms with Gasteiger partial charge in [0.05, 0.1) is 0 Å². The van der Waals surface area contributed by atoms with E-state index < -0.39 is 5.60 Å².